The molecule has 0 amide bonds. The van der Waals surface area contributed by atoms with Crippen LogP contribution in [0.25, 0.3) is 10.9 Å². The molecule has 0 saturated heterocycles. The largest absolute Gasteiger partial charge is 0.484 e. The third-order valence-electron chi connectivity index (χ3n) is 4.16. The first-order valence-corrected chi connectivity index (χ1v) is 7.85. The van der Waals surface area contributed by atoms with Gasteiger partial charge in [0, 0.05) is 0 Å². The molecule has 0 aliphatic heterocycles. The Kier molecular flexibility index (Phi) is 3.51. The van der Waals surface area contributed by atoms with Crippen molar-refractivity contribution < 1.29 is 9.47 Å². The molecule has 2 aromatic heterocycles. The highest BCUT2D eigenvalue weighted by atomic mass is 35.5. The van der Waals surface area contributed by atoms with E-state index >= 15 is 0 Å². The Bertz CT molecular complexity index is 977. The zero-order valence-electron chi connectivity index (χ0n) is 12.8. The summed E-state index contributed by atoms with van der Waals surface area (Å²) in [6.07, 6.45) is 1.44. The average Bonchev–Trinajstić information content (AvgIpc) is 3.18. The van der Waals surface area contributed by atoms with Crippen molar-refractivity contribution in [2.75, 3.05) is 7.11 Å². The quantitative estimate of drug-likeness (QED) is 0.737. The van der Waals surface area contributed by atoms with Gasteiger partial charge in [0.1, 0.15) is 23.1 Å². The van der Waals surface area contributed by atoms with Gasteiger partial charge in [-0.2, -0.15) is 5.26 Å². The number of rotatable bonds is 3. The maximum Gasteiger partial charge on any atom is 0.240 e. The normalized spacial score (nSPS) is 16.0. The number of aryl methyl sites for hydroxylation is 1. The lowest BCUT2D eigenvalue weighted by molar-refractivity contribution is 0.203. The number of benzene rings is 1. The van der Waals surface area contributed by atoms with E-state index in [1.54, 1.807) is 13.2 Å². The lowest BCUT2D eigenvalue weighted by Gasteiger charge is -2.14. The van der Waals surface area contributed by atoms with E-state index in [-0.39, 0.29) is 11.3 Å². The smallest absolute Gasteiger partial charge is 0.240 e. The fraction of sp³-hybridized carbons (Fsp3) is 0.235. The van der Waals surface area contributed by atoms with Crippen molar-refractivity contribution in [2.45, 2.75) is 18.9 Å². The average molecular weight is 341 g/mol. The predicted octanol–water partition coefficient (Wildman–Crippen LogP) is 3.56. The number of H-pyrrole nitrogens is 1. The topological polar surface area (TPSA) is 83.8 Å². The van der Waals surface area contributed by atoms with Gasteiger partial charge in [-0.3, -0.25) is 5.10 Å². The fourth-order valence-corrected chi connectivity index (χ4v) is 3.19. The first-order chi connectivity index (χ1) is 11.7. The summed E-state index contributed by atoms with van der Waals surface area (Å²) >= 11 is 6.06. The van der Waals surface area contributed by atoms with Crippen LogP contribution < -0.4 is 9.47 Å². The summed E-state index contributed by atoms with van der Waals surface area (Å²) in [7, 11) is 1.58. The van der Waals surface area contributed by atoms with Crippen molar-refractivity contribution in [3.63, 3.8) is 0 Å². The highest BCUT2D eigenvalue weighted by Gasteiger charge is 2.27. The summed E-state index contributed by atoms with van der Waals surface area (Å²) in [5.74, 6) is 1.24. The molecular weight excluding hydrogens is 328 g/mol. The van der Waals surface area contributed by atoms with Crippen LogP contribution in [0.2, 0.25) is 5.15 Å². The SMILES string of the molecule is COc1n[nH]c2ccc(O[C@@H]3CCc4cc(C#N)c(Cl)nc43)cc12. The van der Waals surface area contributed by atoms with Gasteiger partial charge in [-0.25, -0.2) is 4.98 Å². The summed E-state index contributed by atoms with van der Waals surface area (Å²) in [5, 5.41) is 17.1. The molecule has 0 bridgehead atoms. The van der Waals surface area contributed by atoms with Gasteiger partial charge in [-0.15, -0.1) is 5.10 Å². The van der Waals surface area contributed by atoms with Gasteiger partial charge in [-0.1, -0.05) is 11.6 Å². The predicted molar refractivity (Wildman–Crippen MR) is 88.3 cm³/mol. The zero-order valence-corrected chi connectivity index (χ0v) is 13.6. The fourth-order valence-electron chi connectivity index (χ4n) is 3.00. The second-order valence-electron chi connectivity index (χ2n) is 5.57. The van der Waals surface area contributed by atoms with Gasteiger partial charge >= 0.3 is 0 Å². The molecular formula is C17H13ClN4O2. The molecule has 0 spiro atoms. The van der Waals surface area contributed by atoms with Gasteiger partial charge in [0.25, 0.3) is 0 Å². The lowest BCUT2D eigenvalue weighted by Crippen LogP contribution is -2.06. The first kappa shape index (κ1) is 14.8. The number of ether oxygens (including phenoxy) is 2. The van der Waals surface area contributed by atoms with Crippen molar-refractivity contribution in [3.8, 4) is 17.7 Å². The van der Waals surface area contributed by atoms with Crippen LogP contribution >= 0.6 is 11.6 Å². The number of aromatic amines is 1. The van der Waals surface area contributed by atoms with Crippen LogP contribution in [0.5, 0.6) is 11.6 Å². The second kappa shape index (κ2) is 5.69. The Balaban J connectivity index is 1.66. The number of aromatic nitrogens is 3. The molecule has 0 saturated carbocycles. The lowest BCUT2D eigenvalue weighted by atomic mass is 10.1. The molecule has 2 heterocycles. The summed E-state index contributed by atoms with van der Waals surface area (Å²) < 4.78 is 11.3. The number of fused-ring (bicyclic) bond motifs is 2. The number of nitriles is 1. The van der Waals surface area contributed by atoms with Gasteiger partial charge in [-0.05, 0) is 42.7 Å². The number of pyridine rings is 1. The molecule has 4 rings (SSSR count). The summed E-state index contributed by atoms with van der Waals surface area (Å²) in [6.45, 7) is 0. The number of hydrogen-bond acceptors (Lipinski definition) is 5. The van der Waals surface area contributed by atoms with Crippen LogP contribution in [0.1, 0.15) is 29.3 Å². The van der Waals surface area contributed by atoms with Gasteiger partial charge in [0.15, 0.2) is 0 Å². The molecule has 120 valence electrons. The summed E-state index contributed by atoms with van der Waals surface area (Å²) in [4.78, 5) is 4.36. The van der Waals surface area contributed by atoms with Crippen molar-refractivity contribution in [3.05, 3.63) is 46.2 Å². The van der Waals surface area contributed by atoms with Crippen molar-refractivity contribution >= 4 is 22.5 Å². The highest BCUT2D eigenvalue weighted by molar-refractivity contribution is 6.30. The Morgan fingerprint density at radius 3 is 3.04 bits per heavy atom. The van der Waals surface area contributed by atoms with E-state index in [0.717, 1.165) is 35.0 Å². The molecule has 6 nitrogen and oxygen atoms in total. The molecule has 7 heteroatoms. The molecule has 1 aliphatic carbocycles. The van der Waals surface area contributed by atoms with Crippen molar-refractivity contribution in [1.82, 2.24) is 15.2 Å². The molecule has 24 heavy (non-hydrogen) atoms. The number of halogens is 1. The van der Waals surface area contributed by atoms with Gasteiger partial charge in [0.05, 0.1) is 29.3 Å². The van der Waals surface area contributed by atoms with Crippen LogP contribution in [0, 0.1) is 11.3 Å². The van der Waals surface area contributed by atoms with E-state index in [2.05, 4.69) is 21.3 Å². The molecule has 0 fully saturated rings. The number of methoxy groups -OCH3 is 1. The van der Waals surface area contributed by atoms with Crippen molar-refractivity contribution in [2.24, 2.45) is 0 Å². The van der Waals surface area contributed by atoms with E-state index in [9.17, 15) is 0 Å². The maximum absolute atomic E-state index is 9.05. The van der Waals surface area contributed by atoms with E-state index in [1.807, 2.05) is 18.2 Å². The second-order valence-corrected chi connectivity index (χ2v) is 5.93. The standard InChI is InChI=1S/C17H13ClN4O2/c1-23-17-12-7-11(3-4-13(12)21-22-17)24-14-5-2-9-6-10(8-19)16(18)20-15(9)14/h3-4,6-7,14H,2,5H2,1H3,(H,21,22)/t14-/m1/s1. The molecule has 0 radical (unpaired) electrons. The Morgan fingerprint density at radius 1 is 1.38 bits per heavy atom. The third-order valence-corrected chi connectivity index (χ3v) is 4.45. The van der Waals surface area contributed by atoms with E-state index in [4.69, 9.17) is 26.3 Å². The van der Waals surface area contributed by atoms with Crippen LogP contribution in [0.15, 0.2) is 24.3 Å². The Morgan fingerprint density at radius 2 is 2.25 bits per heavy atom. The minimum atomic E-state index is -0.180. The minimum absolute atomic E-state index is 0.180. The highest BCUT2D eigenvalue weighted by Crippen LogP contribution is 2.36. The van der Waals surface area contributed by atoms with E-state index in [0.29, 0.717) is 17.2 Å². The number of hydrogen-bond donors (Lipinski definition) is 1. The molecule has 3 aromatic rings. The monoisotopic (exact) mass is 340 g/mol. The molecule has 1 atom stereocenters. The van der Waals surface area contributed by atoms with E-state index < -0.39 is 0 Å². The Hall–Kier alpha value is -2.78. The maximum atomic E-state index is 9.05. The molecule has 1 aromatic carbocycles. The van der Waals surface area contributed by atoms with Gasteiger partial charge in [0.2, 0.25) is 5.88 Å². The van der Waals surface area contributed by atoms with Crippen LogP contribution in [-0.2, 0) is 6.42 Å². The van der Waals surface area contributed by atoms with Crippen LogP contribution in [0.3, 0.4) is 0 Å². The number of nitrogens with one attached hydrogen (secondary N) is 1. The van der Waals surface area contributed by atoms with Crippen LogP contribution in [-0.4, -0.2) is 22.3 Å². The van der Waals surface area contributed by atoms with Crippen LogP contribution in [0.4, 0.5) is 0 Å². The molecule has 1 aliphatic rings. The van der Waals surface area contributed by atoms with E-state index in [1.165, 1.54) is 0 Å². The molecule has 0 unspecified atom stereocenters. The summed E-state index contributed by atoms with van der Waals surface area (Å²) in [6, 6.07) is 9.53. The van der Waals surface area contributed by atoms with Crippen molar-refractivity contribution in [1.29, 1.82) is 5.26 Å². The molecule has 1 N–H and O–H groups in total. The minimum Gasteiger partial charge on any atom is -0.484 e. The van der Waals surface area contributed by atoms with Gasteiger partial charge < -0.3 is 9.47 Å². The number of nitrogens with zero attached hydrogens (tertiary/aromatic N) is 3. The zero-order chi connectivity index (χ0) is 16.7. The first-order valence-electron chi connectivity index (χ1n) is 7.48. The third kappa shape index (κ3) is 2.34. The summed E-state index contributed by atoms with van der Waals surface area (Å²) in [5.41, 5.74) is 3.10. The Labute approximate surface area is 143 Å².